The van der Waals surface area contributed by atoms with E-state index in [0.29, 0.717) is 18.7 Å². The highest BCUT2D eigenvalue weighted by molar-refractivity contribution is 7.13. The van der Waals surface area contributed by atoms with Gasteiger partial charge in [0.05, 0.1) is 16.5 Å². The summed E-state index contributed by atoms with van der Waals surface area (Å²) in [6, 6.07) is 3.98. The van der Waals surface area contributed by atoms with E-state index in [2.05, 4.69) is 9.88 Å². The van der Waals surface area contributed by atoms with Crippen molar-refractivity contribution in [2.24, 2.45) is 5.92 Å². The average Bonchev–Trinajstić information content (AvgIpc) is 3.10. The van der Waals surface area contributed by atoms with Crippen LogP contribution in [0, 0.1) is 12.8 Å². The van der Waals surface area contributed by atoms with Crippen molar-refractivity contribution in [1.82, 2.24) is 9.88 Å². The van der Waals surface area contributed by atoms with Crippen LogP contribution in [0.1, 0.15) is 24.3 Å². The average molecular weight is 343 g/mol. The van der Waals surface area contributed by atoms with Crippen molar-refractivity contribution in [1.29, 1.82) is 0 Å². The summed E-state index contributed by atoms with van der Waals surface area (Å²) >= 11 is 1.61. The van der Waals surface area contributed by atoms with Gasteiger partial charge < -0.3 is 9.52 Å². The lowest BCUT2D eigenvalue weighted by Gasteiger charge is -2.29. The molecular formula is C15H19ClN2O3S. The van der Waals surface area contributed by atoms with E-state index in [9.17, 15) is 4.79 Å². The predicted molar refractivity (Wildman–Crippen MR) is 87.4 cm³/mol. The number of thiophene rings is 1. The Hall–Kier alpha value is -1.37. The Labute approximate surface area is 139 Å². The van der Waals surface area contributed by atoms with E-state index < -0.39 is 5.97 Å². The molecule has 22 heavy (non-hydrogen) atoms. The van der Waals surface area contributed by atoms with Gasteiger partial charge in [0.2, 0.25) is 5.89 Å². The molecule has 1 aliphatic rings. The number of carboxylic acids is 1. The first-order chi connectivity index (χ1) is 10.1. The number of aryl methyl sites for hydroxylation is 1. The summed E-state index contributed by atoms with van der Waals surface area (Å²) in [5, 5.41) is 11.0. The summed E-state index contributed by atoms with van der Waals surface area (Å²) in [5.74, 6) is 0.658. The van der Waals surface area contributed by atoms with Crippen molar-refractivity contribution in [2.45, 2.75) is 26.3 Å². The summed E-state index contributed by atoms with van der Waals surface area (Å²) in [5.41, 5.74) is 0.951. The molecule has 2 aromatic rings. The molecule has 0 radical (unpaired) electrons. The number of hydrogen-bond donors (Lipinski definition) is 1. The Kier molecular flexibility index (Phi) is 5.61. The molecule has 1 N–H and O–H groups in total. The fourth-order valence-corrected chi connectivity index (χ4v) is 3.28. The van der Waals surface area contributed by atoms with E-state index in [1.807, 2.05) is 24.4 Å². The van der Waals surface area contributed by atoms with Gasteiger partial charge >= 0.3 is 5.97 Å². The number of hydrogen-bond acceptors (Lipinski definition) is 5. The molecule has 0 spiro atoms. The number of aliphatic carboxylic acids is 1. The lowest BCUT2D eigenvalue weighted by molar-refractivity contribution is -0.143. The van der Waals surface area contributed by atoms with Gasteiger partial charge in [0.25, 0.3) is 0 Å². The van der Waals surface area contributed by atoms with Crippen LogP contribution < -0.4 is 0 Å². The molecule has 1 fully saturated rings. The van der Waals surface area contributed by atoms with E-state index in [4.69, 9.17) is 9.52 Å². The third-order valence-corrected chi connectivity index (χ3v) is 4.79. The third kappa shape index (κ3) is 3.69. The molecule has 0 unspecified atom stereocenters. The van der Waals surface area contributed by atoms with Crippen molar-refractivity contribution in [3.63, 3.8) is 0 Å². The van der Waals surface area contributed by atoms with Crippen LogP contribution >= 0.6 is 23.7 Å². The molecule has 3 heterocycles. The minimum atomic E-state index is -0.674. The molecule has 5 nitrogen and oxygen atoms in total. The Bertz CT molecular complexity index is 619. The second kappa shape index (κ2) is 7.26. The number of oxazole rings is 1. The van der Waals surface area contributed by atoms with Gasteiger partial charge in [-0.2, -0.15) is 0 Å². The third-order valence-electron chi connectivity index (χ3n) is 3.93. The quantitative estimate of drug-likeness (QED) is 0.922. The van der Waals surface area contributed by atoms with E-state index in [-0.39, 0.29) is 18.3 Å². The molecule has 0 aliphatic carbocycles. The van der Waals surface area contributed by atoms with Crippen molar-refractivity contribution in [3.05, 3.63) is 29.0 Å². The lowest BCUT2D eigenvalue weighted by atomic mass is 9.97. The molecule has 2 aromatic heterocycles. The number of rotatable bonds is 4. The van der Waals surface area contributed by atoms with Gasteiger partial charge in [-0.25, -0.2) is 4.98 Å². The molecule has 0 bridgehead atoms. The first kappa shape index (κ1) is 17.0. The molecule has 1 saturated heterocycles. The van der Waals surface area contributed by atoms with Crippen molar-refractivity contribution >= 4 is 29.7 Å². The highest BCUT2D eigenvalue weighted by Gasteiger charge is 2.25. The summed E-state index contributed by atoms with van der Waals surface area (Å²) in [6.07, 6.45) is 1.42. The van der Waals surface area contributed by atoms with Gasteiger partial charge in [-0.1, -0.05) is 6.07 Å². The molecule has 7 heteroatoms. The van der Waals surface area contributed by atoms with Crippen molar-refractivity contribution in [2.75, 3.05) is 13.1 Å². The maximum Gasteiger partial charge on any atom is 0.306 e. The number of aromatic nitrogens is 1. The Morgan fingerprint density at radius 2 is 2.23 bits per heavy atom. The second-order valence-electron chi connectivity index (χ2n) is 5.39. The van der Waals surface area contributed by atoms with Crippen LogP contribution in [-0.4, -0.2) is 34.0 Å². The van der Waals surface area contributed by atoms with E-state index in [1.54, 1.807) is 11.3 Å². The zero-order chi connectivity index (χ0) is 14.8. The second-order valence-corrected chi connectivity index (χ2v) is 6.34. The maximum absolute atomic E-state index is 11.0. The molecule has 0 atom stereocenters. The Morgan fingerprint density at radius 1 is 1.50 bits per heavy atom. The Morgan fingerprint density at radius 3 is 2.82 bits per heavy atom. The summed E-state index contributed by atoms with van der Waals surface area (Å²) in [7, 11) is 0. The smallest absolute Gasteiger partial charge is 0.306 e. The van der Waals surface area contributed by atoms with Gasteiger partial charge in [-0.15, -0.1) is 23.7 Å². The highest BCUT2D eigenvalue weighted by Crippen LogP contribution is 2.27. The zero-order valence-electron chi connectivity index (χ0n) is 12.3. The predicted octanol–water partition coefficient (Wildman–Crippen LogP) is 3.43. The van der Waals surface area contributed by atoms with Crippen molar-refractivity contribution in [3.8, 4) is 10.8 Å². The summed E-state index contributed by atoms with van der Waals surface area (Å²) < 4.78 is 5.74. The van der Waals surface area contributed by atoms with Crippen LogP contribution in [0.15, 0.2) is 21.9 Å². The van der Waals surface area contributed by atoms with E-state index in [1.165, 1.54) is 0 Å². The number of piperidine rings is 1. The topological polar surface area (TPSA) is 66.6 Å². The zero-order valence-corrected chi connectivity index (χ0v) is 14.0. The minimum absolute atomic E-state index is 0. The van der Waals surface area contributed by atoms with Crippen LogP contribution in [0.4, 0.5) is 0 Å². The van der Waals surface area contributed by atoms with Gasteiger partial charge in [0.1, 0.15) is 5.76 Å². The first-order valence-corrected chi connectivity index (χ1v) is 7.97. The lowest BCUT2D eigenvalue weighted by Crippen LogP contribution is -2.36. The fraction of sp³-hybridized carbons (Fsp3) is 0.467. The minimum Gasteiger partial charge on any atom is -0.481 e. The summed E-state index contributed by atoms with van der Waals surface area (Å²) in [4.78, 5) is 18.8. The molecule has 3 rings (SSSR count). The fourth-order valence-electron chi connectivity index (χ4n) is 2.63. The molecule has 0 saturated carbocycles. The number of likely N-dealkylation sites (tertiary alicyclic amines) is 1. The van der Waals surface area contributed by atoms with E-state index in [0.717, 1.165) is 36.0 Å². The first-order valence-electron chi connectivity index (χ1n) is 7.09. The Balaban J connectivity index is 0.00000176. The van der Waals surface area contributed by atoms with Gasteiger partial charge in [0.15, 0.2) is 0 Å². The van der Waals surface area contributed by atoms with Gasteiger partial charge in [-0.05, 0) is 44.3 Å². The largest absolute Gasteiger partial charge is 0.481 e. The van der Waals surface area contributed by atoms with Crippen LogP contribution in [0.25, 0.3) is 10.8 Å². The van der Waals surface area contributed by atoms with Crippen molar-refractivity contribution < 1.29 is 14.3 Å². The van der Waals surface area contributed by atoms with Crippen LogP contribution in [0.2, 0.25) is 0 Å². The van der Waals surface area contributed by atoms with E-state index >= 15 is 0 Å². The number of carboxylic acid groups (broad SMARTS) is 1. The normalized spacial score (nSPS) is 16.4. The number of carbonyl (C=O) groups is 1. The van der Waals surface area contributed by atoms with Gasteiger partial charge in [-0.3, -0.25) is 9.69 Å². The maximum atomic E-state index is 11.0. The molecular weight excluding hydrogens is 324 g/mol. The number of halogens is 1. The molecule has 1 aliphatic heterocycles. The number of nitrogens with zero attached hydrogens (tertiary/aromatic N) is 2. The van der Waals surface area contributed by atoms with Crippen LogP contribution in [0.3, 0.4) is 0 Å². The SMILES string of the molecule is Cc1oc(-c2cccs2)nc1CN1CCC(C(=O)O)CC1.Cl. The van der Waals surface area contributed by atoms with Gasteiger partial charge in [0, 0.05) is 6.54 Å². The molecule has 0 aromatic carbocycles. The van der Waals surface area contributed by atoms with Crippen LogP contribution in [-0.2, 0) is 11.3 Å². The monoisotopic (exact) mass is 342 g/mol. The highest BCUT2D eigenvalue weighted by atomic mass is 35.5. The molecule has 120 valence electrons. The van der Waals surface area contributed by atoms with Crippen LogP contribution in [0.5, 0.6) is 0 Å². The molecule has 0 amide bonds. The standard InChI is InChI=1S/C15H18N2O3S.ClH/c1-10-12(16-14(20-10)13-3-2-8-21-13)9-17-6-4-11(5-7-17)15(18)19;/h2-3,8,11H,4-7,9H2,1H3,(H,18,19);1H. The summed E-state index contributed by atoms with van der Waals surface area (Å²) in [6.45, 7) is 4.27.